The zero-order chi connectivity index (χ0) is 14.0. The van der Waals surface area contributed by atoms with E-state index in [1.54, 1.807) is 0 Å². The number of carboxylic acids is 1. The first-order valence-corrected chi connectivity index (χ1v) is 5.99. The van der Waals surface area contributed by atoms with Crippen LogP contribution in [0.15, 0.2) is 18.2 Å². The second-order valence-electron chi connectivity index (χ2n) is 4.83. The largest absolute Gasteiger partial charge is 0.504 e. The predicted octanol–water partition coefficient (Wildman–Crippen LogP) is 1.22. The van der Waals surface area contributed by atoms with Crippen LogP contribution in [-0.2, 0) is 4.79 Å². The van der Waals surface area contributed by atoms with Crippen LogP contribution in [0.1, 0.15) is 36.0 Å². The van der Waals surface area contributed by atoms with Gasteiger partial charge in [-0.05, 0) is 31.4 Å². The van der Waals surface area contributed by atoms with E-state index in [2.05, 4.69) is 5.32 Å². The van der Waals surface area contributed by atoms with Crippen LogP contribution in [0.2, 0.25) is 0 Å². The van der Waals surface area contributed by atoms with Gasteiger partial charge < -0.3 is 20.6 Å². The van der Waals surface area contributed by atoms with Gasteiger partial charge in [-0.15, -0.1) is 0 Å². The van der Waals surface area contributed by atoms with Gasteiger partial charge in [0.15, 0.2) is 11.5 Å². The first-order chi connectivity index (χ1) is 8.93. The van der Waals surface area contributed by atoms with E-state index in [0.717, 1.165) is 6.42 Å². The summed E-state index contributed by atoms with van der Waals surface area (Å²) in [5.41, 5.74) is -0.794. The molecule has 1 aromatic rings. The third kappa shape index (κ3) is 2.62. The zero-order valence-corrected chi connectivity index (χ0v) is 10.2. The number of carbonyl (C=O) groups is 2. The fraction of sp³-hybridized carbons (Fsp3) is 0.385. The lowest BCUT2D eigenvalue weighted by molar-refractivity contribution is -0.139. The van der Waals surface area contributed by atoms with Crippen molar-refractivity contribution in [1.29, 1.82) is 0 Å². The van der Waals surface area contributed by atoms with Crippen LogP contribution in [0, 0.1) is 0 Å². The first kappa shape index (κ1) is 13.2. The highest BCUT2D eigenvalue weighted by Gasteiger charge is 2.40. The summed E-state index contributed by atoms with van der Waals surface area (Å²) in [5.74, 6) is -2.42. The molecule has 0 unspecified atom stereocenters. The van der Waals surface area contributed by atoms with E-state index in [-0.39, 0.29) is 17.7 Å². The lowest BCUT2D eigenvalue weighted by atomic mass is 9.74. The highest BCUT2D eigenvalue weighted by Crippen LogP contribution is 2.36. The highest BCUT2D eigenvalue weighted by molar-refractivity contribution is 5.98. The first-order valence-electron chi connectivity index (χ1n) is 5.99. The number of carbonyl (C=O) groups excluding carboxylic acids is 1. The fourth-order valence-corrected chi connectivity index (χ4v) is 2.26. The van der Waals surface area contributed by atoms with Crippen molar-refractivity contribution in [3.05, 3.63) is 23.8 Å². The molecule has 1 amide bonds. The molecule has 0 aromatic heterocycles. The summed E-state index contributed by atoms with van der Waals surface area (Å²) in [5, 5.41) is 30.5. The number of aromatic hydroxyl groups is 2. The summed E-state index contributed by atoms with van der Waals surface area (Å²) >= 11 is 0. The van der Waals surface area contributed by atoms with Gasteiger partial charge in [-0.3, -0.25) is 9.59 Å². The quantitative estimate of drug-likeness (QED) is 0.612. The second-order valence-corrected chi connectivity index (χ2v) is 4.83. The second kappa shape index (κ2) is 4.79. The van der Waals surface area contributed by atoms with Crippen LogP contribution in [0.4, 0.5) is 0 Å². The number of carboxylic acid groups (broad SMARTS) is 1. The average molecular weight is 265 g/mol. The lowest BCUT2D eigenvalue weighted by Crippen LogP contribution is -2.54. The van der Waals surface area contributed by atoms with Gasteiger partial charge in [-0.25, -0.2) is 0 Å². The van der Waals surface area contributed by atoms with Gasteiger partial charge in [0.25, 0.3) is 5.91 Å². The maximum atomic E-state index is 12.0. The van der Waals surface area contributed by atoms with Gasteiger partial charge in [0.2, 0.25) is 0 Å². The summed E-state index contributed by atoms with van der Waals surface area (Å²) < 4.78 is 0. The highest BCUT2D eigenvalue weighted by atomic mass is 16.4. The van der Waals surface area contributed by atoms with Gasteiger partial charge >= 0.3 is 5.97 Å². The van der Waals surface area contributed by atoms with E-state index in [4.69, 9.17) is 5.11 Å². The molecule has 1 fully saturated rings. The standard InChI is InChI=1S/C13H15NO5/c15-9-4-1-3-8(11(9)18)12(19)14-13(5-2-6-13)7-10(16)17/h1,3-4,15,18H,2,5-7H2,(H,14,19)(H,16,17). The molecule has 1 aromatic carbocycles. The number of para-hydroxylation sites is 1. The van der Waals surface area contributed by atoms with Crippen molar-refractivity contribution < 1.29 is 24.9 Å². The summed E-state index contributed by atoms with van der Waals surface area (Å²) in [6.45, 7) is 0. The number of nitrogens with one attached hydrogen (secondary N) is 1. The minimum atomic E-state index is -0.972. The Morgan fingerprint density at radius 3 is 2.47 bits per heavy atom. The molecule has 4 N–H and O–H groups in total. The Labute approximate surface area is 109 Å². The number of phenolic OH excluding ortho intramolecular Hbond substituents is 2. The topological polar surface area (TPSA) is 107 Å². The Morgan fingerprint density at radius 1 is 1.26 bits per heavy atom. The molecule has 1 saturated carbocycles. The Kier molecular flexibility index (Phi) is 3.33. The maximum absolute atomic E-state index is 12.0. The number of phenols is 2. The number of aliphatic carboxylic acids is 1. The van der Waals surface area contributed by atoms with E-state index >= 15 is 0 Å². The molecule has 102 valence electrons. The fourth-order valence-electron chi connectivity index (χ4n) is 2.26. The molecule has 2 rings (SSSR count). The normalized spacial score (nSPS) is 16.4. The molecule has 1 aliphatic carbocycles. The van der Waals surface area contributed by atoms with Gasteiger partial charge in [0.1, 0.15) is 0 Å². The zero-order valence-electron chi connectivity index (χ0n) is 10.2. The van der Waals surface area contributed by atoms with Crippen LogP contribution < -0.4 is 5.32 Å². The Bertz CT molecular complexity index is 522. The molecule has 0 radical (unpaired) electrons. The molecule has 0 atom stereocenters. The average Bonchev–Trinajstić information content (AvgIpc) is 2.29. The molecule has 0 heterocycles. The van der Waals surface area contributed by atoms with Crippen molar-refractivity contribution in [2.45, 2.75) is 31.2 Å². The van der Waals surface area contributed by atoms with Gasteiger partial charge in [-0.2, -0.15) is 0 Å². The van der Waals surface area contributed by atoms with Crippen molar-refractivity contribution in [2.24, 2.45) is 0 Å². The summed E-state index contributed by atoms with van der Waals surface area (Å²) in [6, 6.07) is 4.08. The van der Waals surface area contributed by atoms with Crippen molar-refractivity contribution in [3.8, 4) is 11.5 Å². The summed E-state index contributed by atoms with van der Waals surface area (Å²) in [6.07, 6.45) is 1.92. The number of benzene rings is 1. The minimum absolute atomic E-state index is 0.0586. The molecule has 6 heteroatoms. The monoisotopic (exact) mass is 265 g/mol. The maximum Gasteiger partial charge on any atom is 0.305 e. The molecule has 6 nitrogen and oxygen atoms in total. The SMILES string of the molecule is O=C(O)CC1(NC(=O)c2cccc(O)c2O)CCC1. The summed E-state index contributed by atoms with van der Waals surface area (Å²) in [7, 11) is 0. The van der Waals surface area contributed by atoms with Gasteiger partial charge in [0.05, 0.1) is 17.5 Å². The van der Waals surface area contributed by atoms with E-state index in [9.17, 15) is 19.8 Å². The van der Waals surface area contributed by atoms with E-state index in [1.807, 2.05) is 0 Å². The van der Waals surface area contributed by atoms with Crippen LogP contribution in [-0.4, -0.2) is 32.7 Å². The van der Waals surface area contributed by atoms with Crippen molar-refractivity contribution in [3.63, 3.8) is 0 Å². The van der Waals surface area contributed by atoms with E-state index in [1.165, 1.54) is 18.2 Å². The third-order valence-electron chi connectivity index (χ3n) is 3.44. The van der Waals surface area contributed by atoms with Crippen molar-refractivity contribution >= 4 is 11.9 Å². The Hall–Kier alpha value is -2.24. The van der Waals surface area contributed by atoms with Crippen LogP contribution in [0.5, 0.6) is 11.5 Å². The molecule has 19 heavy (non-hydrogen) atoms. The molecular weight excluding hydrogens is 250 g/mol. The molecule has 0 bridgehead atoms. The molecule has 0 spiro atoms. The van der Waals surface area contributed by atoms with Crippen LogP contribution in [0.3, 0.4) is 0 Å². The Balaban J connectivity index is 2.16. The number of hydrogen-bond donors (Lipinski definition) is 4. The number of hydrogen-bond acceptors (Lipinski definition) is 4. The minimum Gasteiger partial charge on any atom is -0.504 e. The van der Waals surface area contributed by atoms with Crippen LogP contribution >= 0.6 is 0 Å². The summed E-state index contributed by atoms with van der Waals surface area (Å²) in [4.78, 5) is 22.8. The molecule has 0 saturated heterocycles. The molecular formula is C13H15NO5. The van der Waals surface area contributed by atoms with Crippen LogP contribution in [0.25, 0.3) is 0 Å². The predicted molar refractivity (Wildman–Crippen MR) is 66.1 cm³/mol. The third-order valence-corrected chi connectivity index (χ3v) is 3.44. The van der Waals surface area contributed by atoms with Crippen molar-refractivity contribution in [2.75, 3.05) is 0 Å². The molecule has 0 aliphatic heterocycles. The van der Waals surface area contributed by atoms with E-state index < -0.39 is 23.2 Å². The Morgan fingerprint density at radius 2 is 1.95 bits per heavy atom. The number of rotatable bonds is 4. The smallest absolute Gasteiger partial charge is 0.305 e. The van der Waals surface area contributed by atoms with Gasteiger partial charge in [-0.1, -0.05) is 6.07 Å². The lowest BCUT2D eigenvalue weighted by Gasteiger charge is -2.41. The van der Waals surface area contributed by atoms with Gasteiger partial charge in [0, 0.05) is 0 Å². The number of amides is 1. The van der Waals surface area contributed by atoms with Crippen molar-refractivity contribution in [1.82, 2.24) is 5.32 Å². The molecule has 1 aliphatic rings. The van der Waals surface area contributed by atoms with E-state index in [0.29, 0.717) is 12.8 Å².